The maximum absolute atomic E-state index is 11.6. The summed E-state index contributed by atoms with van der Waals surface area (Å²) in [7, 11) is -16.3. The van der Waals surface area contributed by atoms with Crippen LogP contribution in [0.25, 0.3) is 11.0 Å². The van der Waals surface area contributed by atoms with Crippen molar-refractivity contribution in [2.45, 2.75) is 13.7 Å². The van der Waals surface area contributed by atoms with E-state index in [9.17, 15) is 23.4 Å². The van der Waals surface area contributed by atoms with Crippen molar-refractivity contribution in [3.05, 3.63) is 18.1 Å². The second-order valence-electron chi connectivity index (χ2n) is 6.14. The molecule has 0 radical (unpaired) electrons. The van der Waals surface area contributed by atoms with Gasteiger partial charge in [0.25, 0.3) is 0 Å². The molecule has 2 atom stereocenters. The van der Waals surface area contributed by atoms with Crippen LogP contribution in [-0.4, -0.2) is 59.8 Å². The van der Waals surface area contributed by atoms with Gasteiger partial charge in [-0.1, -0.05) is 11.8 Å². The zero-order valence-corrected chi connectivity index (χ0v) is 20.0. The minimum absolute atomic E-state index is 0.104. The number of rotatable bonds is 11. The molecule has 188 valence electrons. The summed E-state index contributed by atoms with van der Waals surface area (Å²) < 4.78 is 51.9. The Morgan fingerprint density at radius 3 is 2.50 bits per heavy atom. The van der Waals surface area contributed by atoms with E-state index in [1.165, 1.54) is 17.8 Å². The monoisotopic (exact) mass is 543 g/mol. The van der Waals surface area contributed by atoms with E-state index < -0.39 is 30.1 Å². The predicted octanol–water partition coefficient (Wildman–Crippen LogP) is -0.181. The van der Waals surface area contributed by atoms with E-state index in [1.54, 1.807) is 6.20 Å². The standard InChI is InChI=1S/C14H20N5O12P3/c1-10(20)16-4-2-3-11-7-19(14-12(11)13(15)17-8-18-14)9-28-5-6-29-33(24,25)31-34(26,27)30-32(21,22)23/h7-8H,4-6,9H2,1H3,(H,16,20)(H,24,25)(H,26,27)(H2,15,17,18)(H2,21,22,23). The van der Waals surface area contributed by atoms with Crippen LogP contribution < -0.4 is 11.1 Å². The first-order valence-electron chi connectivity index (χ1n) is 8.88. The molecule has 2 aromatic rings. The fourth-order valence-corrected chi connectivity index (χ4v) is 5.33. The molecule has 17 nitrogen and oxygen atoms in total. The lowest BCUT2D eigenvalue weighted by Gasteiger charge is -2.16. The van der Waals surface area contributed by atoms with Gasteiger partial charge in [-0.25, -0.2) is 23.7 Å². The molecule has 0 saturated heterocycles. The molecular formula is C14H20N5O12P3. The molecule has 0 aromatic carbocycles. The predicted molar refractivity (Wildman–Crippen MR) is 113 cm³/mol. The van der Waals surface area contributed by atoms with E-state index in [4.69, 9.17) is 25.2 Å². The van der Waals surface area contributed by atoms with E-state index in [1.807, 2.05) is 0 Å². The molecule has 2 rings (SSSR count). The molecule has 0 bridgehead atoms. The Bertz CT molecular complexity index is 1250. The molecule has 0 saturated carbocycles. The van der Waals surface area contributed by atoms with Gasteiger partial charge in [-0.2, -0.15) is 8.62 Å². The summed E-state index contributed by atoms with van der Waals surface area (Å²) in [6.07, 6.45) is 2.77. The average molecular weight is 543 g/mol. The van der Waals surface area contributed by atoms with Crippen LogP contribution in [0.1, 0.15) is 12.5 Å². The van der Waals surface area contributed by atoms with Crippen molar-refractivity contribution in [1.82, 2.24) is 19.9 Å². The molecule has 1 amide bonds. The Kier molecular flexibility index (Phi) is 9.49. The number of ether oxygens (including phenoxy) is 1. The summed E-state index contributed by atoms with van der Waals surface area (Å²) in [6, 6.07) is 0. The number of anilines is 1. The topological polar surface area (TPSA) is 255 Å². The number of carbonyl (C=O) groups is 1. The van der Waals surface area contributed by atoms with Gasteiger partial charge in [-0.05, 0) is 0 Å². The van der Waals surface area contributed by atoms with Crippen LogP contribution >= 0.6 is 23.5 Å². The number of fused-ring (bicyclic) bond motifs is 1. The number of phosphoric ester groups is 1. The minimum atomic E-state index is -5.59. The van der Waals surface area contributed by atoms with Crippen LogP contribution in [0.15, 0.2) is 12.5 Å². The number of carbonyl (C=O) groups excluding carboxylic acids is 1. The number of aromatic nitrogens is 3. The highest BCUT2D eigenvalue weighted by atomic mass is 31.3. The lowest BCUT2D eigenvalue weighted by Crippen LogP contribution is -2.19. The molecule has 7 N–H and O–H groups in total. The van der Waals surface area contributed by atoms with Crippen molar-refractivity contribution in [3.63, 3.8) is 0 Å². The summed E-state index contributed by atoms with van der Waals surface area (Å²) in [6.45, 7) is 0.351. The van der Waals surface area contributed by atoms with Gasteiger partial charge in [-0.15, -0.1) is 0 Å². The van der Waals surface area contributed by atoms with Crippen molar-refractivity contribution in [2.75, 3.05) is 25.5 Å². The third-order valence-electron chi connectivity index (χ3n) is 3.46. The first-order chi connectivity index (χ1) is 15.7. The number of amides is 1. The summed E-state index contributed by atoms with van der Waals surface area (Å²) in [5.41, 5.74) is 6.72. The Morgan fingerprint density at radius 2 is 1.85 bits per heavy atom. The summed E-state index contributed by atoms with van der Waals surface area (Å²) in [5, 5.41) is 2.96. The zero-order chi connectivity index (χ0) is 25.6. The summed E-state index contributed by atoms with van der Waals surface area (Å²) in [4.78, 5) is 54.4. The number of nitrogens with one attached hydrogen (secondary N) is 1. The van der Waals surface area contributed by atoms with E-state index >= 15 is 0 Å². The third-order valence-corrected chi connectivity index (χ3v) is 7.30. The molecule has 0 aliphatic rings. The van der Waals surface area contributed by atoms with Crippen LogP contribution in [0.3, 0.4) is 0 Å². The number of nitrogen functional groups attached to an aromatic ring is 1. The van der Waals surface area contributed by atoms with Gasteiger partial charge in [0.1, 0.15) is 24.5 Å². The minimum Gasteiger partial charge on any atom is -0.383 e. The SMILES string of the molecule is CC(=O)NCC#Cc1cn(COCCOP(=O)(O)OP(=O)(O)OP(=O)(O)O)c2ncnc(N)c12. The van der Waals surface area contributed by atoms with Gasteiger partial charge in [0.05, 0.1) is 30.7 Å². The molecule has 20 heteroatoms. The van der Waals surface area contributed by atoms with E-state index in [-0.39, 0.29) is 31.6 Å². The Balaban J connectivity index is 1.97. The maximum Gasteiger partial charge on any atom is 0.490 e. The number of hydrogen-bond acceptors (Lipinski definition) is 11. The number of nitrogens with two attached hydrogens (primary N) is 1. The van der Waals surface area contributed by atoms with Gasteiger partial charge in [0, 0.05) is 13.1 Å². The van der Waals surface area contributed by atoms with E-state index in [0.29, 0.717) is 16.6 Å². The average Bonchev–Trinajstić information content (AvgIpc) is 3.01. The molecule has 2 unspecified atom stereocenters. The van der Waals surface area contributed by atoms with E-state index in [0.717, 1.165) is 0 Å². The summed E-state index contributed by atoms with van der Waals surface area (Å²) in [5.74, 6) is 5.49. The molecule has 2 heterocycles. The molecular weight excluding hydrogens is 523 g/mol. The molecule has 0 fully saturated rings. The number of nitrogens with zero attached hydrogens (tertiary/aromatic N) is 3. The zero-order valence-electron chi connectivity index (χ0n) is 17.3. The van der Waals surface area contributed by atoms with Crippen molar-refractivity contribution in [1.29, 1.82) is 0 Å². The van der Waals surface area contributed by atoms with Crippen molar-refractivity contribution in [3.8, 4) is 11.8 Å². The fourth-order valence-electron chi connectivity index (χ4n) is 2.33. The molecule has 0 spiro atoms. The van der Waals surface area contributed by atoms with Crippen LogP contribution in [0.5, 0.6) is 0 Å². The largest absolute Gasteiger partial charge is 0.490 e. The lowest BCUT2D eigenvalue weighted by atomic mass is 10.2. The third kappa shape index (κ3) is 9.22. The van der Waals surface area contributed by atoms with Crippen molar-refractivity contribution < 1.29 is 55.9 Å². The Labute approximate surface area is 191 Å². The van der Waals surface area contributed by atoms with Gasteiger partial charge in [0.15, 0.2) is 0 Å². The van der Waals surface area contributed by atoms with Gasteiger partial charge in [0.2, 0.25) is 5.91 Å². The first-order valence-corrected chi connectivity index (χ1v) is 13.4. The highest BCUT2D eigenvalue weighted by Crippen LogP contribution is 2.66. The normalized spacial score (nSPS) is 15.2. The molecule has 34 heavy (non-hydrogen) atoms. The first kappa shape index (κ1) is 28.1. The van der Waals surface area contributed by atoms with Crippen molar-refractivity contribution in [2.24, 2.45) is 0 Å². The van der Waals surface area contributed by atoms with Crippen LogP contribution in [0.4, 0.5) is 5.82 Å². The van der Waals surface area contributed by atoms with Crippen LogP contribution in [0.2, 0.25) is 0 Å². The number of hydrogen-bond donors (Lipinski definition) is 6. The quantitative estimate of drug-likeness (QED) is 0.122. The highest BCUT2D eigenvalue weighted by molar-refractivity contribution is 7.66. The second kappa shape index (κ2) is 11.5. The Morgan fingerprint density at radius 1 is 1.15 bits per heavy atom. The second-order valence-corrected chi connectivity index (χ2v) is 10.6. The van der Waals surface area contributed by atoms with Crippen molar-refractivity contribution >= 4 is 46.2 Å². The van der Waals surface area contributed by atoms with Gasteiger partial charge in [-0.3, -0.25) is 9.32 Å². The Hall–Kier alpha value is -2.18. The van der Waals surface area contributed by atoms with E-state index in [2.05, 4.69) is 40.3 Å². The smallest absolute Gasteiger partial charge is 0.383 e. The molecule has 0 aliphatic carbocycles. The maximum atomic E-state index is 11.6. The molecule has 2 aromatic heterocycles. The summed E-state index contributed by atoms with van der Waals surface area (Å²) >= 11 is 0. The van der Waals surface area contributed by atoms with Crippen LogP contribution in [0, 0.1) is 11.8 Å². The van der Waals surface area contributed by atoms with Gasteiger partial charge >= 0.3 is 23.5 Å². The fraction of sp³-hybridized carbons (Fsp3) is 0.357. The van der Waals surface area contributed by atoms with Crippen LogP contribution in [-0.2, 0) is 43.1 Å². The highest BCUT2D eigenvalue weighted by Gasteiger charge is 2.40. The lowest BCUT2D eigenvalue weighted by molar-refractivity contribution is -0.118. The number of phosphoric acid groups is 3. The van der Waals surface area contributed by atoms with Gasteiger partial charge < -0.3 is 39.9 Å². The molecule has 0 aliphatic heterocycles.